The maximum Gasteiger partial charge on any atom is 0.350 e. The van der Waals surface area contributed by atoms with Gasteiger partial charge in [0.05, 0.1) is 11.6 Å². The Labute approximate surface area is 173 Å². The van der Waals surface area contributed by atoms with Crippen LogP contribution in [0, 0.1) is 5.92 Å². The van der Waals surface area contributed by atoms with Gasteiger partial charge in [0.25, 0.3) is 0 Å². The van der Waals surface area contributed by atoms with E-state index < -0.39 is 11.9 Å². The lowest BCUT2D eigenvalue weighted by atomic mass is 9.95. The highest BCUT2D eigenvalue weighted by atomic mass is 35.5. The number of hydrogen-bond acceptors (Lipinski definition) is 4. The highest BCUT2D eigenvalue weighted by Gasteiger charge is 2.36. The zero-order chi connectivity index (χ0) is 20.4. The molecule has 1 aromatic carbocycles. The standard InChI is InChI=1S/C21H21ClN4O3/c22-15-4-3-5-16(14-15)24-10-12-25(13-11-24)19(27)8-9-26-20(28)17-6-1-2-7-18(17)23-21(26)29/h1-7,14,17H,8-13H2. The molecule has 150 valence electrons. The molecule has 0 N–H and O–H groups in total. The molecule has 0 radical (unpaired) electrons. The van der Waals surface area contributed by atoms with Crippen molar-refractivity contribution in [2.75, 3.05) is 37.6 Å². The number of imide groups is 1. The van der Waals surface area contributed by atoms with Gasteiger partial charge in [-0.3, -0.25) is 14.5 Å². The topological polar surface area (TPSA) is 73.3 Å². The van der Waals surface area contributed by atoms with Crippen LogP contribution in [0.5, 0.6) is 0 Å². The molecule has 1 fully saturated rings. The van der Waals surface area contributed by atoms with E-state index in [-0.39, 0.29) is 24.8 Å². The van der Waals surface area contributed by atoms with E-state index in [0.717, 1.165) is 10.6 Å². The molecule has 1 aliphatic carbocycles. The Bertz CT molecular complexity index is 932. The molecule has 2 heterocycles. The summed E-state index contributed by atoms with van der Waals surface area (Å²) in [6, 6.07) is 7.06. The summed E-state index contributed by atoms with van der Waals surface area (Å²) < 4.78 is 0. The Morgan fingerprint density at radius 1 is 1.14 bits per heavy atom. The van der Waals surface area contributed by atoms with Crippen molar-refractivity contribution in [2.24, 2.45) is 10.9 Å². The number of carbonyl (C=O) groups is 3. The number of nitrogens with zero attached hydrogens (tertiary/aromatic N) is 4. The third-order valence-electron chi connectivity index (χ3n) is 5.34. The minimum Gasteiger partial charge on any atom is -0.368 e. The van der Waals surface area contributed by atoms with Gasteiger partial charge >= 0.3 is 6.03 Å². The van der Waals surface area contributed by atoms with E-state index in [4.69, 9.17) is 11.6 Å². The average molecular weight is 413 g/mol. The van der Waals surface area contributed by atoms with Crippen LogP contribution in [0.4, 0.5) is 10.5 Å². The van der Waals surface area contributed by atoms with Gasteiger partial charge in [-0.15, -0.1) is 0 Å². The summed E-state index contributed by atoms with van der Waals surface area (Å²) in [6.45, 7) is 2.65. The summed E-state index contributed by atoms with van der Waals surface area (Å²) >= 11 is 6.06. The van der Waals surface area contributed by atoms with Crippen molar-refractivity contribution in [3.05, 3.63) is 53.6 Å². The molecule has 7 nitrogen and oxygen atoms in total. The predicted octanol–water partition coefficient (Wildman–Crippen LogP) is 2.52. The van der Waals surface area contributed by atoms with E-state index in [9.17, 15) is 14.4 Å². The van der Waals surface area contributed by atoms with E-state index in [1.807, 2.05) is 24.3 Å². The van der Waals surface area contributed by atoms with Crippen molar-refractivity contribution in [2.45, 2.75) is 6.42 Å². The number of allylic oxidation sites excluding steroid dienone is 3. The number of fused-ring (bicyclic) bond motifs is 1. The highest BCUT2D eigenvalue weighted by Crippen LogP contribution is 2.22. The zero-order valence-electron chi connectivity index (χ0n) is 15.8. The van der Waals surface area contributed by atoms with Crippen LogP contribution in [0.1, 0.15) is 6.42 Å². The van der Waals surface area contributed by atoms with Crippen molar-refractivity contribution < 1.29 is 14.4 Å². The molecular weight excluding hydrogens is 392 g/mol. The van der Waals surface area contributed by atoms with E-state index in [1.165, 1.54) is 0 Å². The average Bonchev–Trinajstić information content (AvgIpc) is 2.73. The second-order valence-corrected chi connectivity index (χ2v) is 7.56. The van der Waals surface area contributed by atoms with Gasteiger partial charge in [0.15, 0.2) is 0 Å². The third kappa shape index (κ3) is 4.10. The van der Waals surface area contributed by atoms with Crippen LogP contribution in [-0.4, -0.2) is 66.1 Å². The lowest BCUT2D eigenvalue weighted by molar-refractivity contribution is -0.133. The fraction of sp³-hybridized carbons (Fsp3) is 0.333. The molecule has 3 aliphatic rings. The SMILES string of the molecule is O=C(CCN1C(=O)N=C2C=CC=CC2C1=O)N1CCN(c2cccc(Cl)c2)CC1. The van der Waals surface area contributed by atoms with Gasteiger partial charge in [0, 0.05) is 49.9 Å². The first-order valence-corrected chi connectivity index (χ1v) is 9.98. The molecule has 0 saturated carbocycles. The summed E-state index contributed by atoms with van der Waals surface area (Å²) in [5, 5.41) is 0.686. The molecule has 1 saturated heterocycles. The largest absolute Gasteiger partial charge is 0.368 e. The molecule has 4 rings (SSSR count). The first-order chi connectivity index (χ1) is 14.0. The summed E-state index contributed by atoms with van der Waals surface area (Å²) in [5.74, 6) is -0.918. The fourth-order valence-electron chi connectivity index (χ4n) is 3.74. The summed E-state index contributed by atoms with van der Waals surface area (Å²) in [5.41, 5.74) is 1.50. The number of carbonyl (C=O) groups excluding carboxylic acids is 3. The Kier molecular flexibility index (Phi) is 5.49. The van der Waals surface area contributed by atoms with Gasteiger partial charge in [-0.1, -0.05) is 35.9 Å². The fourth-order valence-corrected chi connectivity index (χ4v) is 3.92. The molecule has 8 heteroatoms. The second kappa shape index (κ2) is 8.21. The quantitative estimate of drug-likeness (QED) is 0.761. The normalized spacial score (nSPS) is 21.3. The number of halogens is 1. The number of benzene rings is 1. The molecule has 1 aromatic rings. The number of amides is 4. The Morgan fingerprint density at radius 2 is 1.93 bits per heavy atom. The van der Waals surface area contributed by atoms with E-state index >= 15 is 0 Å². The summed E-state index contributed by atoms with van der Waals surface area (Å²) in [4.78, 5) is 46.4. The first-order valence-electron chi connectivity index (χ1n) is 9.60. The number of piperazine rings is 1. The van der Waals surface area contributed by atoms with Crippen molar-refractivity contribution in [3.8, 4) is 0 Å². The molecule has 0 aromatic heterocycles. The maximum absolute atomic E-state index is 12.6. The predicted molar refractivity (Wildman–Crippen MR) is 111 cm³/mol. The number of hydrogen-bond donors (Lipinski definition) is 0. The monoisotopic (exact) mass is 412 g/mol. The molecule has 29 heavy (non-hydrogen) atoms. The molecule has 1 atom stereocenters. The second-order valence-electron chi connectivity index (χ2n) is 7.13. The molecule has 2 aliphatic heterocycles. The van der Waals surface area contributed by atoms with Crippen LogP contribution in [0.15, 0.2) is 53.6 Å². The van der Waals surface area contributed by atoms with E-state index in [2.05, 4.69) is 9.89 Å². The number of urea groups is 1. The lowest BCUT2D eigenvalue weighted by Gasteiger charge is -2.36. The van der Waals surface area contributed by atoms with Crippen LogP contribution < -0.4 is 4.90 Å². The van der Waals surface area contributed by atoms with Crippen LogP contribution in [0.2, 0.25) is 5.02 Å². The minimum atomic E-state index is -0.597. The minimum absolute atomic E-state index is 0.0514. The zero-order valence-corrected chi connectivity index (χ0v) is 16.6. The van der Waals surface area contributed by atoms with Crippen LogP contribution in [0.25, 0.3) is 0 Å². The van der Waals surface area contributed by atoms with Gasteiger partial charge in [-0.2, -0.15) is 4.99 Å². The van der Waals surface area contributed by atoms with Crippen LogP contribution in [0.3, 0.4) is 0 Å². The molecule has 1 unspecified atom stereocenters. The van der Waals surface area contributed by atoms with Gasteiger partial charge in [-0.05, 0) is 24.3 Å². The number of aliphatic imine (C=N–C) groups is 1. The van der Waals surface area contributed by atoms with Crippen molar-refractivity contribution >= 4 is 40.8 Å². The maximum atomic E-state index is 12.6. The Balaban J connectivity index is 1.31. The van der Waals surface area contributed by atoms with Crippen LogP contribution >= 0.6 is 11.6 Å². The molecule has 0 bridgehead atoms. The van der Waals surface area contributed by atoms with Crippen molar-refractivity contribution in [3.63, 3.8) is 0 Å². The van der Waals surface area contributed by atoms with Gasteiger partial charge in [0.2, 0.25) is 11.8 Å². The molecular formula is C21H21ClN4O3. The first kappa shape index (κ1) is 19.4. The van der Waals surface area contributed by atoms with Gasteiger partial charge < -0.3 is 9.80 Å². The van der Waals surface area contributed by atoms with E-state index in [0.29, 0.717) is 36.9 Å². The smallest absolute Gasteiger partial charge is 0.350 e. The molecule has 0 spiro atoms. The lowest BCUT2D eigenvalue weighted by Crippen LogP contribution is -2.50. The van der Waals surface area contributed by atoms with Crippen molar-refractivity contribution in [1.82, 2.24) is 9.80 Å². The van der Waals surface area contributed by atoms with E-state index in [1.54, 1.807) is 29.2 Å². The van der Waals surface area contributed by atoms with Gasteiger partial charge in [-0.25, -0.2) is 4.79 Å². The summed E-state index contributed by atoms with van der Waals surface area (Å²) in [7, 11) is 0. The third-order valence-corrected chi connectivity index (χ3v) is 5.58. The van der Waals surface area contributed by atoms with Crippen molar-refractivity contribution in [1.29, 1.82) is 0 Å². The Morgan fingerprint density at radius 3 is 2.69 bits per heavy atom. The van der Waals surface area contributed by atoms with Crippen LogP contribution in [-0.2, 0) is 9.59 Å². The highest BCUT2D eigenvalue weighted by molar-refractivity contribution is 6.30. The Hall–Kier alpha value is -2.93. The molecule has 4 amide bonds. The number of rotatable bonds is 4. The van der Waals surface area contributed by atoms with Gasteiger partial charge in [0.1, 0.15) is 0 Å². The summed E-state index contributed by atoms with van der Waals surface area (Å²) in [6.07, 6.45) is 7.00. The number of anilines is 1.